The second-order valence-electron chi connectivity index (χ2n) is 5.42. The molecule has 1 saturated carbocycles. The molecule has 2 heterocycles. The van der Waals surface area contributed by atoms with E-state index in [0.29, 0.717) is 31.5 Å². The van der Waals surface area contributed by atoms with E-state index in [4.69, 9.17) is 4.74 Å². The molecule has 0 amide bonds. The number of aromatic nitrogens is 2. The Morgan fingerprint density at radius 2 is 2.22 bits per heavy atom. The highest BCUT2D eigenvalue weighted by atomic mass is 16.5. The fourth-order valence-electron chi connectivity index (χ4n) is 2.98. The van der Waals surface area contributed by atoms with Crippen molar-refractivity contribution in [2.24, 2.45) is 5.92 Å². The maximum Gasteiger partial charge on any atom is 0.140 e. The quantitative estimate of drug-likeness (QED) is 0.823. The zero-order valence-corrected chi connectivity index (χ0v) is 10.7. The van der Waals surface area contributed by atoms with Crippen LogP contribution < -0.4 is 0 Å². The summed E-state index contributed by atoms with van der Waals surface area (Å²) in [5.41, 5.74) is 1.03. The summed E-state index contributed by atoms with van der Waals surface area (Å²) < 4.78 is 7.47. The van der Waals surface area contributed by atoms with Gasteiger partial charge in [0.25, 0.3) is 0 Å². The molecule has 0 radical (unpaired) electrons. The van der Waals surface area contributed by atoms with E-state index in [1.54, 1.807) is 0 Å². The van der Waals surface area contributed by atoms with Crippen molar-refractivity contribution in [1.29, 1.82) is 0 Å². The highest BCUT2D eigenvalue weighted by molar-refractivity contribution is 5.82. The first-order valence-corrected chi connectivity index (χ1v) is 6.97. The van der Waals surface area contributed by atoms with Gasteiger partial charge in [-0.05, 0) is 18.9 Å². The molecule has 2 fully saturated rings. The van der Waals surface area contributed by atoms with Gasteiger partial charge in [0.05, 0.1) is 24.9 Å². The van der Waals surface area contributed by atoms with Gasteiger partial charge in [-0.1, -0.05) is 12.8 Å². The van der Waals surface area contributed by atoms with E-state index in [1.807, 2.05) is 0 Å². The third kappa shape index (κ3) is 2.48. The number of Topliss-reactive ketones (excluding diaryl/α,β-unsaturated/α-hetero) is 1. The van der Waals surface area contributed by atoms with Crippen molar-refractivity contribution in [3.8, 4) is 0 Å². The van der Waals surface area contributed by atoms with Gasteiger partial charge in [0.15, 0.2) is 0 Å². The molecule has 1 unspecified atom stereocenters. The predicted molar refractivity (Wildman–Crippen MR) is 67.4 cm³/mol. The van der Waals surface area contributed by atoms with Crippen LogP contribution in [-0.2, 0) is 16.0 Å². The van der Waals surface area contributed by atoms with Crippen LogP contribution in [0.15, 0.2) is 12.3 Å². The molecular weight excluding hydrogens is 228 g/mol. The van der Waals surface area contributed by atoms with E-state index in [9.17, 15) is 4.79 Å². The van der Waals surface area contributed by atoms with Crippen LogP contribution in [0.3, 0.4) is 0 Å². The van der Waals surface area contributed by atoms with Gasteiger partial charge >= 0.3 is 0 Å². The van der Waals surface area contributed by atoms with Gasteiger partial charge in [0.1, 0.15) is 5.78 Å². The summed E-state index contributed by atoms with van der Waals surface area (Å²) in [6.45, 7) is 1.15. The molecule has 4 nitrogen and oxygen atoms in total. The van der Waals surface area contributed by atoms with Crippen molar-refractivity contribution in [2.75, 3.05) is 13.2 Å². The van der Waals surface area contributed by atoms with Gasteiger partial charge in [-0.25, -0.2) is 0 Å². The molecule has 1 aliphatic heterocycles. The lowest BCUT2D eigenvalue weighted by Gasteiger charge is -2.19. The van der Waals surface area contributed by atoms with Crippen molar-refractivity contribution < 1.29 is 9.53 Å². The molecule has 18 heavy (non-hydrogen) atoms. The lowest BCUT2D eigenvalue weighted by molar-refractivity contribution is -0.130. The number of rotatable bonds is 3. The van der Waals surface area contributed by atoms with Crippen molar-refractivity contribution in [3.63, 3.8) is 0 Å². The van der Waals surface area contributed by atoms with E-state index in [2.05, 4.69) is 22.0 Å². The first-order chi connectivity index (χ1) is 8.83. The van der Waals surface area contributed by atoms with Crippen molar-refractivity contribution >= 4 is 5.78 Å². The molecule has 1 atom stereocenters. The first kappa shape index (κ1) is 11.9. The zero-order chi connectivity index (χ0) is 12.4. The maximum absolute atomic E-state index is 11.7. The first-order valence-electron chi connectivity index (χ1n) is 6.97. The Labute approximate surface area is 107 Å². The van der Waals surface area contributed by atoms with E-state index in [-0.39, 0.29) is 5.92 Å². The van der Waals surface area contributed by atoms with Crippen LogP contribution in [0.1, 0.15) is 43.8 Å². The largest absolute Gasteiger partial charge is 0.380 e. The van der Waals surface area contributed by atoms with Gasteiger partial charge in [0.2, 0.25) is 0 Å². The average molecular weight is 248 g/mol. The number of carbonyl (C=O) groups is 1. The minimum Gasteiger partial charge on any atom is -0.380 e. The smallest absolute Gasteiger partial charge is 0.140 e. The lowest BCUT2D eigenvalue weighted by Crippen LogP contribution is -2.29. The van der Waals surface area contributed by atoms with Crippen LogP contribution in [0.4, 0.5) is 0 Å². The Balaban J connectivity index is 1.64. The number of nitrogens with zero attached hydrogens (tertiary/aromatic N) is 2. The highest BCUT2D eigenvalue weighted by Crippen LogP contribution is 2.29. The summed E-state index contributed by atoms with van der Waals surface area (Å²) in [5, 5.41) is 4.63. The van der Waals surface area contributed by atoms with Crippen LogP contribution in [0.25, 0.3) is 0 Å². The Morgan fingerprint density at radius 3 is 3.00 bits per heavy atom. The van der Waals surface area contributed by atoms with Gasteiger partial charge in [-0.15, -0.1) is 0 Å². The molecule has 0 bridgehead atoms. The van der Waals surface area contributed by atoms with Crippen molar-refractivity contribution in [1.82, 2.24) is 9.78 Å². The van der Waals surface area contributed by atoms with E-state index >= 15 is 0 Å². The van der Waals surface area contributed by atoms with E-state index in [0.717, 1.165) is 12.1 Å². The maximum atomic E-state index is 11.7. The molecule has 0 N–H and O–H groups in total. The second-order valence-corrected chi connectivity index (χ2v) is 5.42. The third-order valence-corrected chi connectivity index (χ3v) is 4.09. The number of ketones is 1. The normalized spacial score (nSPS) is 25.8. The Morgan fingerprint density at radius 1 is 1.39 bits per heavy atom. The zero-order valence-electron chi connectivity index (χ0n) is 10.7. The predicted octanol–water partition coefficient (Wildman–Crippen LogP) is 2.15. The molecule has 2 aliphatic rings. The van der Waals surface area contributed by atoms with Crippen LogP contribution in [0, 0.1) is 5.92 Å². The number of hydrogen-bond donors (Lipinski definition) is 0. The van der Waals surface area contributed by atoms with Gasteiger partial charge in [-0.2, -0.15) is 5.10 Å². The summed E-state index contributed by atoms with van der Waals surface area (Å²) in [7, 11) is 0. The van der Waals surface area contributed by atoms with Crippen LogP contribution in [-0.4, -0.2) is 28.8 Å². The topological polar surface area (TPSA) is 44.1 Å². The molecular formula is C14H20N2O2. The van der Waals surface area contributed by atoms with E-state index < -0.39 is 0 Å². The Kier molecular flexibility index (Phi) is 3.46. The summed E-state index contributed by atoms with van der Waals surface area (Å²) in [6, 6.07) is 2.64. The summed E-state index contributed by atoms with van der Waals surface area (Å²) in [5.74, 6) is 0.349. The van der Waals surface area contributed by atoms with Crippen molar-refractivity contribution in [2.45, 2.75) is 44.6 Å². The summed E-state index contributed by atoms with van der Waals surface area (Å²) >= 11 is 0. The van der Waals surface area contributed by atoms with Crippen LogP contribution >= 0.6 is 0 Å². The molecule has 0 aromatic carbocycles. The molecule has 1 saturated heterocycles. The van der Waals surface area contributed by atoms with Gasteiger partial charge in [0, 0.05) is 25.0 Å². The summed E-state index contributed by atoms with van der Waals surface area (Å²) in [4.78, 5) is 11.7. The highest BCUT2D eigenvalue weighted by Gasteiger charge is 2.24. The van der Waals surface area contributed by atoms with Crippen LogP contribution in [0.5, 0.6) is 0 Å². The lowest BCUT2D eigenvalue weighted by atomic mass is 9.96. The fourth-order valence-corrected chi connectivity index (χ4v) is 2.98. The Bertz CT molecular complexity index is 421. The standard InChI is InChI=1S/C14H20N2O2/c17-14-6-8-18-10-11(14)9-12-5-7-16(15-12)13-3-1-2-4-13/h5,7,11,13H,1-4,6,8-10H2. The minimum absolute atomic E-state index is 0.0191. The SMILES string of the molecule is O=C1CCOCC1Cc1ccn(C2CCCC2)n1. The number of ether oxygens (including phenoxy) is 1. The van der Waals surface area contributed by atoms with Crippen molar-refractivity contribution in [3.05, 3.63) is 18.0 Å². The van der Waals surface area contributed by atoms with Crippen LogP contribution in [0.2, 0.25) is 0 Å². The van der Waals surface area contributed by atoms with Gasteiger partial charge in [-0.3, -0.25) is 9.48 Å². The summed E-state index contributed by atoms with van der Waals surface area (Å²) in [6.07, 6.45) is 8.48. The monoisotopic (exact) mass is 248 g/mol. The third-order valence-electron chi connectivity index (χ3n) is 4.09. The number of carbonyl (C=O) groups excluding carboxylic acids is 1. The molecule has 1 aromatic heterocycles. The van der Waals surface area contributed by atoms with E-state index in [1.165, 1.54) is 25.7 Å². The van der Waals surface area contributed by atoms with Gasteiger partial charge < -0.3 is 4.74 Å². The molecule has 0 spiro atoms. The Hall–Kier alpha value is -1.16. The molecule has 1 aromatic rings. The average Bonchev–Trinajstić information content (AvgIpc) is 3.02. The minimum atomic E-state index is 0.0191. The molecule has 98 valence electrons. The second kappa shape index (κ2) is 5.22. The molecule has 1 aliphatic carbocycles. The number of hydrogen-bond acceptors (Lipinski definition) is 3. The fraction of sp³-hybridized carbons (Fsp3) is 0.714. The molecule has 3 rings (SSSR count). The molecule has 4 heteroatoms.